The Hall–Kier alpha value is -1.01. The molecule has 0 radical (unpaired) electrons. The fourth-order valence-corrected chi connectivity index (χ4v) is 2.82. The Bertz CT molecular complexity index is 409. The lowest BCUT2D eigenvalue weighted by atomic mass is 9.75. The third-order valence-electron chi connectivity index (χ3n) is 3.49. The van der Waals surface area contributed by atoms with Crippen LogP contribution in [0.25, 0.3) is 0 Å². The van der Waals surface area contributed by atoms with Gasteiger partial charge < -0.3 is 5.32 Å². The first-order valence-electron chi connectivity index (χ1n) is 5.87. The van der Waals surface area contributed by atoms with Gasteiger partial charge in [0.25, 0.3) is 0 Å². The number of anilines is 1. The standard InChI is InChI=1S/C11H18N4OS/c1-7(2)11(4-5-12-6-11)9(16)13-10-15-14-8(3)17-10/h7,12H,4-6H2,1-3H3,(H,13,15,16). The summed E-state index contributed by atoms with van der Waals surface area (Å²) in [4.78, 5) is 12.4. The van der Waals surface area contributed by atoms with Gasteiger partial charge >= 0.3 is 0 Å². The van der Waals surface area contributed by atoms with Gasteiger partial charge in [0.15, 0.2) is 0 Å². The molecule has 1 aromatic heterocycles. The normalized spacial score (nSPS) is 24.2. The summed E-state index contributed by atoms with van der Waals surface area (Å²) in [7, 11) is 0. The minimum absolute atomic E-state index is 0.0636. The Morgan fingerprint density at radius 2 is 2.29 bits per heavy atom. The quantitative estimate of drug-likeness (QED) is 0.856. The van der Waals surface area contributed by atoms with Crippen molar-refractivity contribution in [3.8, 4) is 0 Å². The first-order valence-corrected chi connectivity index (χ1v) is 6.68. The maximum absolute atomic E-state index is 12.4. The molecule has 0 aliphatic carbocycles. The summed E-state index contributed by atoms with van der Waals surface area (Å²) in [6.45, 7) is 7.72. The molecule has 17 heavy (non-hydrogen) atoms. The second kappa shape index (κ2) is 4.70. The van der Waals surface area contributed by atoms with E-state index in [0.717, 1.165) is 24.5 Å². The molecule has 0 saturated carbocycles. The monoisotopic (exact) mass is 254 g/mol. The highest BCUT2D eigenvalue weighted by Crippen LogP contribution is 2.35. The molecule has 0 spiro atoms. The van der Waals surface area contributed by atoms with Gasteiger partial charge in [0.1, 0.15) is 5.01 Å². The Balaban J connectivity index is 2.12. The molecule has 1 saturated heterocycles. The summed E-state index contributed by atoms with van der Waals surface area (Å²) in [6, 6.07) is 0. The molecule has 1 fully saturated rings. The third-order valence-corrected chi connectivity index (χ3v) is 4.25. The predicted octanol–water partition coefficient (Wildman–Crippen LogP) is 1.42. The number of carbonyl (C=O) groups is 1. The van der Waals surface area contributed by atoms with Gasteiger partial charge in [-0.1, -0.05) is 25.2 Å². The van der Waals surface area contributed by atoms with Crippen LogP contribution >= 0.6 is 11.3 Å². The van der Waals surface area contributed by atoms with Gasteiger partial charge in [-0.2, -0.15) is 0 Å². The van der Waals surface area contributed by atoms with E-state index in [1.54, 1.807) is 0 Å². The average Bonchev–Trinajstić information content (AvgIpc) is 2.87. The summed E-state index contributed by atoms with van der Waals surface area (Å²) < 4.78 is 0. The van der Waals surface area contributed by atoms with Crippen molar-refractivity contribution in [3.05, 3.63) is 5.01 Å². The summed E-state index contributed by atoms with van der Waals surface area (Å²) in [5.41, 5.74) is -0.306. The van der Waals surface area contributed by atoms with E-state index in [1.165, 1.54) is 11.3 Å². The molecule has 1 atom stereocenters. The molecule has 94 valence electrons. The SMILES string of the molecule is Cc1nnc(NC(=O)C2(C(C)C)CCNC2)s1. The lowest BCUT2D eigenvalue weighted by molar-refractivity contribution is -0.126. The molecule has 2 rings (SSSR count). The van der Waals surface area contributed by atoms with Crippen molar-refractivity contribution < 1.29 is 4.79 Å². The highest BCUT2D eigenvalue weighted by atomic mass is 32.1. The van der Waals surface area contributed by atoms with Crippen LogP contribution in [0.5, 0.6) is 0 Å². The van der Waals surface area contributed by atoms with Crippen LogP contribution in [0.2, 0.25) is 0 Å². The zero-order valence-electron chi connectivity index (χ0n) is 10.4. The number of nitrogens with zero attached hydrogens (tertiary/aromatic N) is 2. The second-order valence-electron chi connectivity index (χ2n) is 4.82. The van der Waals surface area contributed by atoms with E-state index in [2.05, 4.69) is 34.7 Å². The average molecular weight is 254 g/mol. The van der Waals surface area contributed by atoms with E-state index in [-0.39, 0.29) is 11.3 Å². The molecule has 6 heteroatoms. The molecule has 1 aromatic rings. The minimum atomic E-state index is -0.306. The van der Waals surface area contributed by atoms with Gasteiger partial charge in [-0.25, -0.2) is 0 Å². The van der Waals surface area contributed by atoms with Crippen molar-refractivity contribution >= 4 is 22.4 Å². The van der Waals surface area contributed by atoms with Crippen LogP contribution in [-0.4, -0.2) is 29.2 Å². The molecule has 1 unspecified atom stereocenters. The fourth-order valence-electron chi connectivity index (χ4n) is 2.23. The molecule has 1 aliphatic rings. The van der Waals surface area contributed by atoms with Gasteiger partial charge in [0.2, 0.25) is 11.0 Å². The first-order chi connectivity index (χ1) is 8.04. The van der Waals surface area contributed by atoms with E-state index in [0.29, 0.717) is 11.0 Å². The largest absolute Gasteiger partial charge is 0.316 e. The molecular formula is C11H18N4OS. The smallest absolute Gasteiger partial charge is 0.234 e. The van der Waals surface area contributed by atoms with Crippen molar-refractivity contribution in [1.29, 1.82) is 0 Å². The van der Waals surface area contributed by atoms with Gasteiger partial charge in [-0.3, -0.25) is 10.1 Å². The van der Waals surface area contributed by atoms with Crippen LogP contribution < -0.4 is 10.6 Å². The van der Waals surface area contributed by atoms with Crippen molar-refractivity contribution in [1.82, 2.24) is 15.5 Å². The van der Waals surface area contributed by atoms with Gasteiger partial charge in [0.05, 0.1) is 5.41 Å². The van der Waals surface area contributed by atoms with Gasteiger partial charge in [0, 0.05) is 6.54 Å². The molecule has 0 aromatic carbocycles. The van der Waals surface area contributed by atoms with Gasteiger partial charge in [-0.05, 0) is 25.8 Å². The third kappa shape index (κ3) is 2.32. The summed E-state index contributed by atoms with van der Waals surface area (Å²) in [5.74, 6) is 0.375. The number of aromatic nitrogens is 2. The van der Waals surface area contributed by atoms with E-state index in [9.17, 15) is 4.79 Å². The highest BCUT2D eigenvalue weighted by Gasteiger charge is 2.44. The molecule has 2 N–H and O–H groups in total. The van der Waals surface area contributed by atoms with Crippen LogP contribution in [0.3, 0.4) is 0 Å². The van der Waals surface area contributed by atoms with Crippen molar-refractivity contribution in [2.75, 3.05) is 18.4 Å². The van der Waals surface area contributed by atoms with Crippen LogP contribution in [0.15, 0.2) is 0 Å². The first kappa shape index (κ1) is 12.4. The number of carbonyl (C=O) groups excluding carboxylic acids is 1. The van der Waals surface area contributed by atoms with Gasteiger partial charge in [-0.15, -0.1) is 10.2 Å². The lowest BCUT2D eigenvalue weighted by Gasteiger charge is -2.30. The zero-order valence-corrected chi connectivity index (χ0v) is 11.2. The Morgan fingerprint density at radius 1 is 1.53 bits per heavy atom. The van der Waals surface area contributed by atoms with Crippen LogP contribution in [0, 0.1) is 18.3 Å². The van der Waals surface area contributed by atoms with E-state index < -0.39 is 0 Å². The van der Waals surface area contributed by atoms with Crippen molar-refractivity contribution in [2.45, 2.75) is 27.2 Å². The Labute approximate surface area is 105 Å². The maximum atomic E-state index is 12.4. The number of amides is 1. The molecule has 2 heterocycles. The van der Waals surface area contributed by atoms with Crippen LogP contribution in [0.1, 0.15) is 25.3 Å². The Kier molecular flexibility index (Phi) is 3.44. The lowest BCUT2D eigenvalue weighted by Crippen LogP contribution is -2.42. The zero-order chi connectivity index (χ0) is 12.5. The number of aryl methyl sites for hydroxylation is 1. The minimum Gasteiger partial charge on any atom is -0.316 e. The van der Waals surface area contributed by atoms with Crippen molar-refractivity contribution in [3.63, 3.8) is 0 Å². The summed E-state index contributed by atoms with van der Waals surface area (Å²) in [5, 5.41) is 15.5. The predicted molar refractivity (Wildman–Crippen MR) is 68.0 cm³/mol. The topological polar surface area (TPSA) is 66.9 Å². The number of hydrogen-bond acceptors (Lipinski definition) is 5. The number of nitrogens with one attached hydrogen (secondary N) is 2. The maximum Gasteiger partial charge on any atom is 0.234 e. The van der Waals surface area contributed by atoms with E-state index >= 15 is 0 Å². The second-order valence-corrected chi connectivity index (χ2v) is 6.00. The van der Waals surface area contributed by atoms with E-state index in [1.807, 2.05) is 6.92 Å². The number of hydrogen-bond donors (Lipinski definition) is 2. The van der Waals surface area contributed by atoms with E-state index in [4.69, 9.17) is 0 Å². The molecule has 5 nitrogen and oxygen atoms in total. The highest BCUT2D eigenvalue weighted by molar-refractivity contribution is 7.15. The van der Waals surface area contributed by atoms with Crippen LogP contribution in [0.4, 0.5) is 5.13 Å². The Morgan fingerprint density at radius 3 is 2.76 bits per heavy atom. The van der Waals surface area contributed by atoms with Crippen LogP contribution in [-0.2, 0) is 4.79 Å². The fraction of sp³-hybridized carbons (Fsp3) is 0.727. The summed E-state index contributed by atoms with van der Waals surface area (Å²) >= 11 is 1.41. The molecule has 1 aliphatic heterocycles. The molecule has 1 amide bonds. The molecular weight excluding hydrogens is 236 g/mol. The number of rotatable bonds is 3. The van der Waals surface area contributed by atoms with Crippen molar-refractivity contribution in [2.24, 2.45) is 11.3 Å². The summed E-state index contributed by atoms with van der Waals surface area (Å²) in [6.07, 6.45) is 0.883. The molecule has 0 bridgehead atoms.